The van der Waals surface area contributed by atoms with E-state index in [9.17, 15) is 18.5 Å². The van der Waals surface area contributed by atoms with Gasteiger partial charge in [0.1, 0.15) is 0 Å². The standard InChI is InChI=1S/C14H13ClN2O4S/c1-10-2-7-13(17(18)19)8-14(10)22(20,21)16-9-11-3-5-12(15)6-4-11/h2-8,16H,9H2,1H3. The van der Waals surface area contributed by atoms with Gasteiger partial charge in [-0.1, -0.05) is 29.8 Å². The number of nitrogens with zero attached hydrogens (tertiary/aromatic N) is 1. The lowest BCUT2D eigenvalue weighted by Gasteiger charge is -2.09. The van der Waals surface area contributed by atoms with Crippen LogP contribution in [0.4, 0.5) is 5.69 Å². The Morgan fingerprint density at radius 1 is 1.18 bits per heavy atom. The average Bonchev–Trinajstić information content (AvgIpc) is 2.46. The Bertz CT molecular complexity index is 804. The predicted molar refractivity (Wildman–Crippen MR) is 83.3 cm³/mol. The normalized spacial score (nSPS) is 11.4. The van der Waals surface area contributed by atoms with Gasteiger partial charge in [0, 0.05) is 23.7 Å². The van der Waals surface area contributed by atoms with Crippen LogP contribution in [0.3, 0.4) is 0 Å². The summed E-state index contributed by atoms with van der Waals surface area (Å²) in [7, 11) is -3.84. The summed E-state index contributed by atoms with van der Waals surface area (Å²) in [5, 5.41) is 11.3. The van der Waals surface area contributed by atoms with Crippen LogP contribution in [-0.4, -0.2) is 13.3 Å². The van der Waals surface area contributed by atoms with Gasteiger partial charge in [0.2, 0.25) is 10.0 Å². The van der Waals surface area contributed by atoms with Gasteiger partial charge in [-0.2, -0.15) is 0 Å². The van der Waals surface area contributed by atoms with E-state index in [0.717, 1.165) is 11.6 Å². The van der Waals surface area contributed by atoms with Gasteiger partial charge < -0.3 is 0 Å². The summed E-state index contributed by atoms with van der Waals surface area (Å²) >= 11 is 5.76. The van der Waals surface area contributed by atoms with E-state index in [2.05, 4.69) is 4.72 Å². The maximum absolute atomic E-state index is 12.3. The van der Waals surface area contributed by atoms with Gasteiger partial charge in [-0.15, -0.1) is 0 Å². The number of rotatable bonds is 5. The average molecular weight is 341 g/mol. The second-order valence-corrected chi connectivity index (χ2v) is 6.83. The van der Waals surface area contributed by atoms with Gasteiger partial charge in [0.05, 0.1) is 9.82 Å². The summed E-state index contributed by atoms with van der Waals surface area (Å²) in [5.74, 6) is 0. The zero-order valence-electron chi connectivity index (χ0n) is 11.6. The quantitative estimate of drug-likeness (QED) is 0.669. The molecule has 0 aromatic heterocycles. The molecule has 0 saturated carbocycles. The monoisotopic (exact) mass is 340 g/mol. The Hall–Kier alpha value is -1.96. The lowest BCUT2D eigenvalue weighted by Crippen LogP contribution is -2.24. The molecule has 22 heavy (non-hydrogen) atoms. The Morgan fingerprint density at radius 2 is 1.82 bits per heavy atom. The van der Waals surface area contributed by atoms with E-state index >= 15 is 0 Å². The zero-order chi connectivity index (χ0) is 16.3. The fraction of sp³-hybridized carbons (Fsp3) is 0.143. The molecule has 0 atom stereocenters. The highest BCUT2D eigenvalue weighted by Gasteiger charge is 2.20. The summed E-state index contributed by atoms with van der Waals surface area (Å²) in [6, 6.07) is 10.5. The maximum Gasteiger partial charge on any atom is 0.270 e. The molecule has 0 aliphatic rings. The van der Waals surface area contributed by atoms with Crippen molar-refractivity contribution in [2.75, 3.05) is 0 Å². The highest BCUT2D eigenvalue weighted by atomic mass is 35.5. The fourth-order valence-electron chi connectivity index (χ4n) is 1.85. The van der Waals surface area contributed by atoms with Crippen molar-refractivity contribution in [2.24, 2.45) is 0 Å². The number of nitrogens with one attached hydrogen (secondary N) is 1. The summed E-state index contributed by atoms with van der Waals surface area (Å²) in [5.41, 5.74) is 0.905. The minimum absolute atomic E-state index is 0.0711. The number of benzene rings is 2. The molecule has 116 valence electrons. The third-order valence-electron chi connectivity index (χ3n) is 3.05. The molecule has 1 N–H and O–H groups in total. The Kier molecular flexibility index (Phi) is 4.80. The number of aryl methyl sites for hydroxylation is 1. The molecule has 0 unspecified atom stereocenters. The van der Waals surface area contributed by atoms with E-state index in [0.29, 0.717) is 10.6 Å². The van der Waals surface area contributed by atoms with Crippen molar-refractivity contribution < 1.29 is 13.3 Å². The fourth-order valence-corrected chi connectivity index (χ4v) is 3.26. The first-order valence-electron chi connectivity index (χ1n) is 6.29. The van der Waals surface area contributed by atoms with Crippen LogP contribution >= 0.6 is 11.6 Å². The van der Waals surface area contributed by atoms with Gasteiger partial charge in [0.25, 0.3) is 5.69 Å². The van der Waals surface area contributed by atoms with E-state index in [4.69, 9.17) is 11.6 Å². The first-order valence-corrected chi connectivity index (χ1v) is 8.15. The van der Waals surface area contributed by atoms with Crippen LogP contribution in [0.2, 0.25) is 5.02 Å². The molecule has 2 rings (SSSR count). The molecule has 0 saturated heterocycles. The summed E-state index contributed by atoms with van der Waals surface area (Å²) < 4.78 is 27.0. The Labute approximate surface area is 132 Å². The van der Waals surface area contributed by atoms with Gasteiger partial charge in [0.15, 0.2) is 0 Å². The smallest absolute Gasteiger partial charge is 0.258 e. The number of nitro benzene ring substituents is 1. The molecule has 0 radical (unpaired) electrons. The minimum atomic E-state index is -3.84. The van der Waals surface area contributed by atoms with E-state index in [1.807, 2.05) is 0 Å². The molecule has 0 spiro atoms. The Balaban J connectivity index is 2.25. The van der Waals surface area contributed by atoms with Crippen LogP contribution in [0.5, 0.6) is 0 Å². The SMILES string of the molecule is Cc1ccc([N+](=O)[O-])cc1S(=O)(=O)NCc1ccc(Cl)cc1. The van der Waals surface area contributed by atoms with Crippen LogP contribution in [0.25, 0.3) is 0 Å². The summed E-state index contributed by atoms with van der Waals surface area (Å²) in [6.45, 7) is 1.65. The molecule has 2 aromatic carbocycles. The number of non-ortho nitro benzene ring substituents is 1. The molecule has 0 bridgehead atoms. The molecular formula is C14H13ClN2O4S. The number of hydrogen-bond acceptors (Lipinski definition) is 4. The van der Waals surface area contributed by atoms with Gasteiger partial charge in [-0.3, -0.25) is 10.1 Å². The second-order valence-electron chi connectivity index (χ2n) is 4.66. The molecule has 6 nitrogen and oxygen atoms in total. The lowest BCUT2D eigenvalue weighted by atomic mass is 10.2. The molecule has 8 heteroatoms. The van der Waals surface area contributed by atoms with E-state index < -0.39 is 14.9 Å². The van der Waals surface area contributed by atoms with Gasteiger partial charge in [-0.05, 0) is 30.2 Å². The molecule has 0 aliphatic carbocycles. The third kappa shape index (κ3) is 3.82. The number of nitro groups is 1. The molecule has 0 fully saturated rings. The molecule has 0 amide bonds. The molecule has 0 heterocycles. The van der Waals surface area contributed by atoms with Crippen molar-refractivity contribution in [3.05, 3.63) is 68.7 Å². The van der Waals surface area contributed by atoms with Crippen LogP contribution in [-0.2, 0) is 16.6 Å². The Morgan fingerprint density at radius 3 is 2.41 bits per heavy atom. The largest absolute Gasteiger partial charge is 0.270 e. The highest BCUT2D eigenvalue weighted by Crippen LogP contribution is 2.21. The van der Waals surface area contributed by atoms with Crippen molar-refractivity contribution in [2.45, 2.75) is 18.4 Å². The van der Waals surface area contributed by atoms with Crippen LogP contribution in [0.1, 0.15) is 11.1 Å². The van der Waals surface area contributed by atoms with E-state index in [-0.39, 0.29) is 17.1 Å². The summed E-state index contributed by atoms with van der Waals surface area (Å²) in [6.07, 6.45) is 0. The van der Waals surface area contributed by atoms with Gasteiger partial charge in [-0.25, -0.2) is 13.1 Å². The zero-order valence-corrected chi connectivity index (χ0v) is 13.2. The van der Waals surface area contributed by atoms with Crippen molar-refractivity contribution in [1.29, 1.82) is 0 Å². The number of hydrogen-bond donors (Lipinski definition) is 1. The van der Waals surface area contributed by atoms with E-state index in [1.165, 1.54) is 12.1 Å². The lowest BCUT2D eigenvalue weighted by molar-refractivity contribution is -0.385. The maximum atomic E-state index is 12.3. The van der Waals surface area contributed by atoms with Crippen molar-refractivity contribution in [3.8, 4) is 0 Å². The van der Waals surface area contributed by atoms with Crippen LogP contribution < -0.4 is 4.72 Å². The first-order chi connectivity index (χ1) is 10.3. The van der Waals surface area contributed by atoms with Crippen molar-refractivity contribution >= 4 is 27.3 Å². The number of halogens is 1. The summed E-state index contributed by atoms with van der Waals surface area (Å²) in [4.78, 5) is 10.1. The highest BCUT2D eigenvalue weighted by molar-refractivity contribution is 7.89. The first kappa shape index (κ1) is 16.4. The van der Waals surface area contributed by atoms with Gasteiger partial charge >= 0.3 is 0 Å². The predicted octanol–water partition coefficient (Wildman–Crippen LogP) is 3.04. The molecule has 2 aromatic rings. The topological polar surface area (TPSA) is 89.3 Å². The molecule has 0 aliphatic heterocycles. The number of sulfonamides is 1. The molecular weight excluding hydrogens is 328 g/mol. The third-order valence-corrected chi connectivity index (χ3v) is 4.85. The van der Waals surface area contributed by atoms with Crippen LogP contribution in [0, 0.1) is 17.0 Å². The van der Waals surface area contributed by atoms with Crippen LogP contribution in [0.15, 0.2) is 47.4 Å². The second kappa shape index (κ2) is 6.43. The minimum Gasteiger partial charge on any atom is -0.258 e. The van der Waals surface area contributed by atoms with Crippen molar-refractivity contribution in [1.82, 2.24) is 4.72 Å². The van der Waals surface area contributed by atoms with Crippen molar-refractivity contribution in [3.63, 3.8) is 0 Å². The van der Waals surface area contributed by atoms with E-state index in [1.54, 1.807) is 31.2 Å².